The van der Waals surface area contributed by atoms with Crippen molar-refractivity contribution in [1.82, 2.24) is 10.2 Å². The predicted molar refractivity (Wildman–Crippen MR) is 154 cm³/mol. The summed E-state index contributed by atoms with van der Waals surface area (Å²) in [5, 5.41) is 2.85. The fraction of sp³-hybridized carbons (Fsp3) is 0.333. The summed E-state index contributed by atoms with van der Waals surface area (Å²) in [6.07, 6.45) is 1.82. The number of anilines is 1. The van der Waals surface area contributed by atoms with Gasteiger partial charge in [-0.25, -0.2) is 12.8 Å². The molecule has 0 fully saturated rings. The van der Waals surface area contributed by atoms with Gasteiger partial charge in [0.05, 0.1) is 11.9 Å². The van der Waals surface area contributed by atoms with E-state index >= 15 is 0 Å². The number of hydrogen-bond acceptors (Lipinski definition) is 6. The number of nitrogens with zero attached hydrogens (tertiary/aromatic N) is 2. The van der Waals surface area contributed by atoms with Crippen molar-refractivity contribution in [3.05, 3.63) is 89.7 Å². The highest BCUT2D eigenvalue weighted by molar-refractivity contribution is 7.92. The van der Waals surface area contributed by atoms with Crippen LogP contribution < -0.4 is 19.1 Å². The van der Waals surface area contributed by atoms with Crippen molar-refractivity contribution in [1.29, 1.82) is 0 Å². The Morgan fingerprint density at radius 3 is 2.34 bits per heavy atom. The molecule has 3 aromatic rings. The minimum atomic E-state index is -3.96. The maximum Gasteiger partial charge on any atom is 0.244 e. The number of fused-ring (bicyclic) bond motifs is 1. The standard InChI is InChI=1S/C30H34FN3O6S/c1-3-15-32-30(36)26(18-22-9-5-4-6-10-22)33(20-23-11-7-8-12-25(23)31)29(35)21-34(41(2,37)38)24-13-14-27-28(19-24)40-17-16-39-27/h4-14,19,26H,3,15-18,20-21H2,1-2H3,(H,32,36)/t26-/m0/s1. The Morgan fingerprint density at radius 2 is 1.66 bits per heavy atom. The van der Waals surface area contributed by atoms with Gasteiger partial charge < -0.3 is 19.7 Å². The van der Waals surface area contributed by atoms with Crippen LogP contribution in [-0.4, -0.2) is 63.7 Å². The highest BCUT2D eigenvalue weighted by Gasteiger charge is 2.33. The summed E-state index contributed by atoms with van der Waals surface area (Å²) in [5.41, 5.74) is 1.20. The van der Waals surface area contributed by atoms with Gasteiger partial charge in [-0.1, -0.05) is 55.5 Å². The summed E-state index contributed by atoms with van der Waals surface area (Å²) >= 11 is 0. The van der Waals surface area contributed by atoms with Crippen molar-refractivity contribution >= 4 is 27.5 Å². The first-order chi connectivity index (χ1) is 19.7. The molecule has 3 aromatic carbocycles. The zero-order valence-electron chi connectivity index (χ0n) is 23.1. The third-order valence-electron chi connectivity index (χ3n) is 6.61. The Bertz CT molecular complexity index is 1470. The lowest BCUT2D eigenvalue weighted by Gasteiger charge is -2.33. The van der Waals surface area contributed by atoms with Crippen LogP contribution in [0.1, 0.15) is 24.5 Å². The van der Waals surface area contributed by atoms with Gasteiger partial charge in [-0.2, -0.15) is 0 Å². The van der Waals surface area contributed by atoms with Gasteiger partial charge in [-0.05, 0) is 30.2 Å². The summed E-state index contributed by atoms with van der Waals surface area (Å²) in [6, 6.07) is 18.7. The minimum absolute atomic E-state index is 0.152. The Balaban J connectivity index is 1.73. The molecule has 1 heterocycles. The van der Waals surface area contributed by atoms with E-state index in [2.05, 4.69) is 5.32 Å². The molecular formula is C30H34FN3O6S. The van der Waals surface area contributed by atoms with Gasteiger partial charge >= 0.3 is 0 Å². The summed E-state index contributed by atoms with van der Waals surface area (Å²) in [6.45, 7) is 2.12. The number of carbonyl (C=O) groups is 2. The van der Waals surface area contributed by atoms with Gasteiger partial charge in [0.15, 0.2) is 11.5 Å². The van der Waals surface area contributed by atoms with Crippen molar-refractivity contribution in [3.8, 4) is 11.5 Å². The molecule has 218 valence electrons. The molecule has 11 heteroatoms. The monoisotopic (exact) mass is 583 g/mol. The topological polar surface area (TPSA) is 105 Å². The van der Waals surface area contributed by atoms with E-state index in [4.69, 9.17) is 9.47 Å². The number of amides is 2. The van der Waals surface area contributed by atoms with Gasteiger partial charge in [-0.15, -0.1) is 0 Å². The molecule has 0 aliphatic carbocycles. The first-order valence-electron chi connectivity index (χ1n) is 13.4. The molecule has 2 amide bonds. The summed E-state index contributed by atoms with van der Waals surface area (Å²) in [7, 11) is -3.96. The SMILES string of the molecule is CCCNC(=O)[C@H](Cc1ccccc1)N(Cc1ccccc1F)C(=O)CN(c1ccc2c(c1)OCCO2)S(C)(=O)=O. The largest absolute Gasteiger partial charge is 0.486 e. The first-order valence-corrected chi connectivity index (χ1v) is 15.2. The Labute approximate surface area is 239 Å². The van der Waals surface area contributed by atoms with Crippen molar-refractivity contribution in [2.75, 3.05) is 36.9 Å². The number of sulfonamides is 1. The Hall–Kier alpha value is -4.12. The second-order valence-electron chi connectivity index (χ2n) is 9.71. The molecule has 0 saturated carbocycles. The van der Waals surface area contributed by atoms with Crippen LogP contribution in [0.25, 0.3) is 0 Å². The van der Waals surface area contributed by atoms with Crippen LogP contribution in [0, 0.1) is 5.82 Å². The van der Waals surface area contributed by atoms with Crippen LogP contribution in [0.4, 0.5) is 10.1 Å². The number of nitrogens with one attached hydrogen (secondary N) is 1. The fourth-order valence-electron chi connectivity index (χ4n) is 4.53. The third kappa shape index (κ3) is 7.75. The molecule has 0 bridgehead atoms. The molecular weight excluding hydrogens is 549 g/mol. The second-order valence-corrected chi connectivity index (χ2v) is 11.6. The molecule has 1 aliphatic heterocycles. The van der Waals surface area contributed by atoms with E-state index in [0.717, 1.165) is 16.1 Å². The molecule has 0 unspecified atom stereocenters. The Kier molecular flexibility index (Phi) is 9.82. The van der Waals surface area contributed by atoms with Crippen molar-refractivity contribution in [3.63, 3.8) is 0 Å². The molecule has 1 N–H and O–H groups in total. The smallest absolute Gasteiger partial charge is 0.244 e. The molecule has 0 saturated heterocycles. The summed E-state index contributed by atoms with van der Waals surface area (Å²) in [5.74, 6) is -0.785. The van der Waals surface area contributed by atoms with Crippen molar-refractivity contribution in [2.45, 2.75) is 32.4 Å². The van der Waals surface area contributed by atoms with Gasteiger partial charge in [0.25, 0.3) is 0 Å². The van der Waals surface area contributed by atoms with Crippen LogP contribution in [-0.2, 0) is 32.6 Å². The zero-order chi connectivity index (χ0) is 29.4. The second kappa shape index (κ2) is 13.5. The van der Waals surface area contributed by atoms with E-state index in [1.165, 1.54) is 35.2 Å². The van der Waals surface area contributed by atoms with E-state index in [9.17, 15) is 22.4 Å². The third-order valence-corrected chi connectivity index (χ3v) is 7.75. The average molecular weight is 584 g/mol. The van der Waals surface area contributed by atoms with Crippen LogP contribution in [0.15, 0.2) is 72.8 Å². The van der Waals surface area contributed by atoms with Gasteiger partial charge in [0, 0.05) is 31.1 Å². The number of rotatable bonds is 12. The number of hydrogen-bond donors (Lipinski definition) is 1. The minimum Gasteiger partial charge on any atom is -0.486 e. The van der Waals surface area contributed by atoms with Crippen LogP contribution >= 0.6 is 0 Å². The average Bonchev–Trinajstić information content (AvgIpc) is 2.97. The van der Waals surface area contributed by atoms with E-state index in [-0.39, 0.29) is 24.2 Å². The molecule has 41 heavy (non-hydrogen) atoms. The highest BCUT2D eigenvalue weighted by atomic mass is 32.2. The van der Waals surface area contributed by atoms with E-state index in [0.29, 0.717) is 37.7 Å². The lowest BCUT2D eigenvalue weighted by Crippen LogP contribution is -2.53. The molecule has 1 atom stereocenters. The molecule has 0 aromatic heterocycles. The highest BCUT2D eigenvalue weighted by Crippen LogP contribution is 2.34. The quantitative estimate of drug-likeness (QED) is 0.350. The van der Waals surface area contributed by atoms with Crippen molar-refractivity contribution in [2.24, 2.45) is 0 Å². The van der Waals surface area contributed by atoms with E-state index < -0.39 is 40.2 Å². The van der Waals surface area contributed by atoms with Gasteiger partial charge in [0.2, 0.25) is 21.8 Å². The number of carbonyl (C=O) groups excluding carboxylic acids is 2. The van der Waals surface area contributed by atoms with E-state index in [1.54, 1.807) is 12.1 Å². The zero-order valence-corrected chi connectivity index (χ0v) is 23.9. The molecule has 4 rings (SSSR count). The van der Waals surface area contributed by atoms with Gasteiger partial charge in [-0.3, -0.25) is 13.9 Å². The molecule has 0 radical (unpaired) electrons. The fourth-order valence-corrected chi connectivity index (χ4v) is 5.37. The maximum atomic E-state index is 14.8. The number of ether oxygens (including phenoxy) is 2. The molecule has 9 nitrogen and oxygen atoms in total. The van der Waals surface area contributed by atoms with Crippen LogP contribution in [0.2, 0.25) is 0 Å². The molecule has 0 spiro atoms. The van der Waals surface area contributed by atoms with Gasteiger partial charge in [0.1, 0.15) is 31.6 Å². The molecule has 1 aliphatic rings. The summed E-state index contributed by atoms with van der Waals surface area (Å²) in [4.78, 5) is 28.8. The predicted octanol–water partition coefficient (Wildman–Crippen LogP) is 3.53. The van der Waals surface area contributed by atoms with Crippen LogP contribution in [0.5, 0.6) is 11.5 Å². The lowest BCUT2D eigenvalue weighted by molar-refractivity contribution is -0.140. The van der Waals surface area contributed by atoms with E-state index in [1.807, 2.05) is 37.3 Å². The lowest BCUT2D eigenvalue weighted by atomic mass is 10.0. The van der Waals surface area contributed by atoms with Crippen LogP contribution in [0.3, 0.4) is 0 Å². The first kappa shape index (κ1) is 29.9. The number of benzene rings is 3. The summed E-state index contributed by atoms with van der Waals surface area (Å²) < 4.78 is 52.8. The maximum absolute atomic E-state index is 14.8. The Morgan fingerprint density at radius 1 is 0.976 bits per heavy atom. The van der Waals surface area contributed by atoms with Crippen molar-refractivity contribution < 1.29 is 31.9 Å². The number of halogens is 1. The normalized spacial score (nSPS) is 13.2.